The Kier molecular flexibility index (Phi) is 7.09. The molecular formula is C21H23N5O4. The maximum absolute atomic E-state index is 12.9. The monoisotopic (exact) mass is 409 g/mol. The zero-order valence-corrected chi connectivity index (χ0v) is 16.8. The second-order valence-electron chi connectivity index (χ2n) is 6.48. The third-order valence-corrected chi connectivity index (χ3v) is 4.45. The summed E-state index contributed by atoms with van der Waals surface area (Å²) in [5.41, 5.74) is 0.733. The highest BCUT2D eigenvalue weighted by atomic mass is 16.5. The standard InChI is InChI=1S/C21H23N5O4/c1-3-16(4-2)22-19(27)14-30-21(28)18(13-17-11-8-12-29-17)26-20(23-24-25-26)15-9-6-5-7-10-15/h5-13,16H,3-4,14H2,1-2H3,(H,22,27)/b18-13-. The SMILES string of the molecule is CCC(CC)NC(=O)COC(=O)/C(=C/c1ccco1)n1nnnc1-c1ccccc1. The summed E-state index contributed by atoms with van der Waals surface area (Å²) in [7, 11) is 0. The van der Waals surface area contributed by atoms with Crippen LogP contribution < -0.4 is 5.32 Å². The molecule has 0 atom stereocenters. The van der Waals surface area contributed by atoms with Gasteiger partial charge in [0.2, 0.25) is 0 Å². The number of amides is 1. The Balaban J connectivity index is 1.84. The Morgan fingerprint density at radius 1 is 1.17 bits per heavy atom. The van der Waals surface area contributed by atoms with Crippen molar-refractivity contribution >= 4 is 23.6 Å². The first-order chi connectivity index (χ1) is 14.6. The summed E-state index contributed by atoms with van der Waals surface area (Å²) in [6, 6.07) is 12.6. The van der Waals surface area contributed by atoms with Crippen LogP contribution in [0.5, 0.6) is 0 Å². The highest BCUT2D eigenvalue weighted by Crippen LogP contribution is 2.21. The maximum Gasteiger partial charge on any atom is 0.357 e. The Bertz CT molecular complexity index is 992. The summed E-state index contributed by atoms with van der Waals surface area (Å²) in [4.78, 5) is 25.0. The number of hydrogen-bond acceptors (Lipinski definition) is 7. The van der Waals surface area contributed by atoms with Crippen LogP contribution in [-0.4, -0.2) is 44.7 Å². The lowest BCUT2D eigenvalue weighted by Gasteiger charge is -2.15. The number of benzene rings is 1. The second-order valence-corrected chi connectivity index (χ2v) is 6.48. The largest absolute Gasteiger partial charge is 0.465 e. The summed E-state index contributed by atoms with van der Waals surface area (Å²) in [6.07, 6.45) is 4.54. The average molecular weight is 409 g/mol. The van der Waals surface area contributed by atoms with E-state index in [1.165, 1.54) is 17.0 Å². The van der Waals surface area contributed by atoms with E-state index >= 15 is 0 Å². The van der Waals surface area contributed by atoms with E-state index in [1.54, 1.807) is 12.1 Å². The molecule has 0 saturated heterocycles. The molecule has 1 N–H and O–H groups in total. The molecule has 0 radical (unpaired) electrons. The van der Waals surface area contributed by atoms with E-state index in [4.69, 9.17) is 9.15 Å². The molecule has 0 aliphatic rings. The van der Waals surface area contributed by atoms with Crippen molar-refractivity contribution in [3.05, 3.63) is 54.5 Å². The van der Waals surface area contributed by atoms with Crippen LogP contribution in [0.3, 0.4) is 0 Å². The van der Waals surface area contributed by atoms with Gasteiger partial charge in [0.05, 0.1) is 6.26 Å². The Morgan fingerprint density at radius 3 is 2.60 bits per heavy atom. The quantitative estimate of drug-likeness (QED) is 0.427. The van der Waals surface area contributed by atoms with Crippen LogP contribution in [0.15, 0.2) is 53.1 Å². The molecule has 0 spiro atoms. The zero-order valence-electron chi connectivity index (χ0n) is 16.8. The molecule has 0 aliphatic carbocycles. The van der Waals surface area contributed by atoms with Gasteiger partial charge in [-0.3, -0.25) is 4.79 Å². The van der Waals surface area contributed by atoms with E-state index in [2.05, 4.69) is 20.8 Å². The highest BCUT2D eigenvalue weighted by Gasteiger charge is 2.22. The predicted octanol–water partition coefficient (Wildman–Crippen LogP) is 2.78. The van der Waals surface area contributed by atoms with E-state index in [0.717, 1.165) is 12.8 Å². The Labute approximate surface area is 173 Å². The van der Waals surface area contributed by atoms with Crippen molar-refractivity contribution in [1.82, 2.24) is 25.5 Å². The van der Waals surface area contributed by atoms with Gasteiger partial charge in [-0.15, -0.1) is 5.10 Å². The van der Waals surface area contributed by atoms with Crippen molar-refractivity contribution in [3.63, 3.8) is 0 Å². The molecule has 9 heteroatoms. The van der Waals surface area contributed by atoms with Gasteiger partial charge in [0.15, 0.2) is 18.1 Å². The van der Waals surface area contributed by atoms with Crippen LogP contribution in [0.1, 0.15) is 32.4 Å². The summed E-state index contributed by atoms with van der Waals surface area (Å²) in [5.74, 6) is -0.352. The minimum Gasteiger partial charge on any atom is -0.465 e. The molecule has 1 aromatic carbocycles. The fourth-order valence-electron chi connectivity index (χ4n) is 2.80. The molecule has 9 nitrogen and oxygen atoms in total. The van der Waals surface area contributed by atoms with Crippen LogP contribution in [-0.2, 0) is 14.3 Å². The average Bonchev–Trinajstić information content (AvgIpc) is 3.46. The van der Waals surface area contributed by atoms with Gasteiger partial charge in [0.25, 0.3) is 5.91 Å². The lowest BCUT2D eigenvalue weighted by atomic mass is 10.2. The summed E-state index contributed by atoms with van der Waals surface area (Å²) < 4.78 is 11.8. The van der Waals surface area contributed by atoms with Gasteiger partial charge in [-0.2, -0.15) is 4.68 Å². The van der Waals surface area contributed by atoms with Crippen molar-refractivity contribution in [2.45, 2.75) is 32.7 Å². The minimum atomic E-state index is -0.754. The van der Waals surface area contributed by atoms with E-state index < -0.39 is 12.6 Å². The molecule has 0 saturated carbocycles. The van der Waals surface area contributed by atoms with Crippen LogP contribution >= 0.6 is 0 Å². The van der Waals surface area contributed by atoms with Crippen molar-refractivity contribution in [1.29, 1.82) is 0 Å². The van der Waals surface area contributed by atoms with Crippen molar-refractivity contribution in [3.8, 4) is 11.4 Å². The van der Waals surface area contributed by atoms with Gasteiger partial charge in [-0.25, -0.2) is 4.79 Å². The van der Waals surface area contributed by atoms with Crippen LogP contribution in [0.4, 0.5) is 0 Å². The number of carbonyl (C=O) groups excluding carboxylic acids is 2. The zero-order chi connectivity index (χ0) is 21.3. The number of furan rings is 1. The van der Waals surface area contributed by atoms with Gasteiger partial charge in [0.1, 0.15) is 5.76 Å². The first-order valence-corrected chi connectivity index (χ1v) is 9.68. The topological polar surface area (TPSA) is 112 Å². The second kappa shape index (κ2) is 10.1. The lowest BCUT2D eigenvalue weighted by molar-refractivity contribution is -0.143. The van der Waals surface area contributed by atoms with E-state index in [-0.39, 0.29) is 17.6 Å². The number of ether oxygens (including phenoxy) is 1. The number of tetrazole rings is 1. The molecule has 0 fully saturated rings. The van der Waals surface area contributed by atoms with Gasteiger partial charge < -0.3 is 14.5 Å². The van der Waals surface area contributed by atoms with Crippen molar-refractivity contribution in [2.24, 2.45) is 0 Å². The molecule has 0 unspecified atom stereocenters. The van der Waals surface area contributed by atoms with Gasteiger partial charge >= 0.3 is 5.97 Å². The number of carbonyl (C=O) groups is 2. The summed E-state index contributed by atoms with van der Waals surface area (Å²) >= 11 is 0. The molecule has 156 valence electrons. The Morgan fingerprint density at radius 2 is 1.93 bits per heavy atom. The van der Waals surface area contributed by atoms with Gasteiger partial charge in [-0.1, -0.05) is 44.2 Å². The first-order valence-electron chi connectivity index (χ1n) is 9.68. The van der Waals surface area contributed by atoms with Crippen LogP contribution in [0.2, 0.25) is 0 Å². The number of hydrogen-bond donors (Lipinski definition) is 1. The number of nitrogens with one attached hydrogen (secondary N) is 1. The number of esters is 1. The third kappa shape index (κ3) is 5.19. The minimum absolute atomic E-state index is 0.0177. The van der Waals surface area contributed by atoms with E-state index in [1.807, 2.05) is 44.2 Å². The van der Waals surface area contributed by atoms with E-state index in [9.17, 15) is 9.59 Å². The van der Waals surface area contributed by atoms with Crippen LogP contribution in [0, 0.1) is 0 Å². The van der Waals surface area contributed by atoms with Gasteiger partial charge in [0, 0.05) is 17.7 Å². The fourth-order valence-corrected chi connectivity index (χ4v) is 2.80. The molecule has 2 aromatic heterocycles. The fraction of sp³-hybridized carbons (Fsp3) is 0.286. The molecule has 3 rings (SSSR count). The van der Waals surface area contributed by atoms with Crippen LogP contribution in [0.25, 0.3) is 23.2 Å². The first kappa shape index (κ1) is 21.0. The normalized spacial score (nSPS) is 11.5. The molecular weight excluding hydrogens is 386 g/mol. The smallest absolute Gasteiger partial charge is 0.357 e. The molecule has 2 heterocycles. The van der Waals surface area contributed by atoms with Crippen molar-refractivity contribution in [2.75, 3.05) is 6.61 Å². The molecule has 0 aliphatic heterocycles. The highest BCUT2D eigenvalue weighted by molar-refractivity contribution is 6.15. The summed E-state index contributed by atoms with van der Waals surface area (Å²) in [6.45, 7) is 3.55. The molecule has 0 bridgehead atoms. The number of aromatic nitrogens is 4. The Hall–Kier alpha value is -3.75. The molecule has 30 heavy (non-hydrogen) atoms. The number of nitrogens with zero attached hydrogens (tertiary/aromatic N) is 4. The van der Waals surface area contributed by atoms with Gasteiger partial charge in [-0.05, 0) is 35.4 Å². The van der Waals surface area contributed by atoms with E-state index in [0.29, 0.717) is 17.1 Å². The predicted molar refractivity (Wildman–Crippen MR) is 110 cm³/mol. The number of rotatable bonds is 9. The maximum atomic E-state index is 12.9. The molecule has 1 amide bonds. The summed E-state index contributed by atoms with van der Waals surface area (Å²) in [5, 5.41) is 14.5. The van der Waals surface area contributed by atoms with Crippen molar-refractivity contribution < 1.29 is 18.7 Å². The molecule has 3 aromatic rings. The third-order valence-electron chi connectivity index (χ3n) is 4.45. The lowest BCUT2D eigenvalue weighted by Crippen LogP contribution is -2.37.